The summed E-state index contributed by atoms with van der Waals surface area (Å²) < 4.78 is 13.0. The first-order valence-electron chi connectivity index (χ1n) is 9.15. The van der Waals surface area contributed by atoms with Crippen LogP contribution in [0.4, 0.5) is 15.1 Å². The number of halogens is 1. The number of carbonyl (C=O) groups excluding carboxylic acids is 1. The second kappa shape index (κ2) is 8.94. The van der Waals surface area contributed by atoms with Gasteiger partial charge in [-0.2, -0.15) is 0 Å². The van der Waals surface area contributed by atoms with Crippen LogP contribution in [0, 0.1) is 5.82 Å². The van der Waals surface area contributed by atoms with Crippen molar-refractivity contribution >= 4 is 12.0 Å². The van der Waals surface area contributed by atoms with Crippen LogP contribution in [0.25, 0.3) is 0 Å². The maximum absolute atomic E-state index is 13.0. The number of aromatic nitrogens is 2. The lowest BCUT2D eigenvalue weighted by Crippen LogP contribution is -2.38. The Bertz CT molecular complexity index is 818. The number of aliphatic hydroxyl groups excluding tert-OH is 1. The number of anilines is 1. The van der Waals surface area contributed by atoms with Gasteiger partial charge in [-0.25, -0.2) is 19.2 Å². The van der Waals surface area contributed by atoms with E-state index in [0.717, 1.165) is 16.8 Å². The molecule has 2 atom stereocenters. The van der Waals surface area contributed by atoms with Crippen molar-refractivity contribution in [2.24, 2.45) is 0 Å². The molecule has 150 valence electrons. The standard InChI is InChI=1S/C19H24FN5O3/c1-12(11-26)22-18-21-9-15-7-8-25(10-17(15)24-18)28-19(27)23-13(2)14-3-5-16(20)6-4-14/h3-6,9,12-13,26H,7-8,10-11H2,1-2H3,(H,23,27)(H,21,22,24)/t12-,13-/m0/s1. The van der Waals surface area contributed by atoms with Crippen molar-refractivity contribution in [2.75, 3.05) is 18.5 Å². The molecule has 0 saturated heterocycles. The highest BCUT2D eigenvalue weighted by Gasteiger charge is 2.22. The summed E-state index contributed by atoms with van der Waals surface area (Å²) >= 11 is 0. The van der Waals surface area contributed by atoms with Gasteiger partial charge in [0.15, 0.2) is 0 Å². The highest BCUT2D eigenvalue weighted by Crippen LogP contribution is 2.19. The largest absolute Gasteiger partial charge is 0.426 e. The summed E-state index contributed by atoms with van der Waals surface area (Å²) in [5.41, 5.74) is 2.55. The van der Waals surface area contributed by atoms with Crippen LogP contribution in [0.2, 0.25) is 0 Å². The Morgan fingerprint density at radius 3 is 2.82 bits per heavy atom. The quantitative estimate of drug-likeness (QED) is 0.696. The fraction of sp³-hybridized carbons (Fsp3) is 0.421. The lowest BCUT2D eigenvalue weighted by molar-refractivity contribution is -0.112. The van der Waals surface area contributed by atoms with Gasteiger partial charge in [0, 0.05) is 18.8 Å². The summed E-state index contributed by atoms with van der Waals surface area (Å²) in [5, 5.41) is 16.4. The molecule has 0 spiro atoms. The predicted molar refractivity (Wildman–Crippen MR) is 101 cm³/mol. The fourth-order valence-electron chi connectivity index (χ4n) is 2.85. The van der Waals surface area contributed by atoms with Gasteiger partial charge in [-0.3, -0.25) is 0 Å². The minimum absolute atomic E-state index is 0.0257. The van der Waals surface area contributed by atoms with Gasteiger partial charge in [0.1, 0.15) is 5.82 Å². The van der Waals surface area contributed by atoms with E-state index in [0.29, 0.717) is 25.5 Å². The lowest BCUT2D eigenvalue weighted by Gasteiger charge is -2.27. The summed E-state index contributed by atoms with van der Waals surface area (Å²) in [4.78, 5) is 26.3. The first-order valence-corrected chi connectivity index (χ1v) is 9.15. The SMILES string of the molecule is C[C@H](NC(=O)ON1CCc2cnc(N[C@@H](C)CO)nc2C1)c1ccc(F)cc1. The van der Waals surface area contributed by atoms with Gasteiger partial charge in [-0.1, -0.05) is 12.1 Å². The number of rotatable bonds is 6. The maximum Gasteiger partial charge on any atom is 0.426 e. The van der Waals surface area contributed by atoms with Crippen molar-refractivity contribution < 1.29 is 19.1 Å². The molecule has 0 aliphatic carbocycles. The third kappa shape index (κ3) is 5.14. The molecule has 2 aromatic rings. The Hall–Kier alpha value is -2.78. The van der Waals surface area contributed by atoms with E-state index in [-0.39, 0.29) is 24.5 Å². The first kappa shape index (κ1) is 20.0. The smallest absolute Gasteiger partial charge is 0.394 e. The minimum Gasteiger partial charge on any atom is -0.394 e. The molecule has 0 fully saturated rings. The number of carbonyl (C=O) groups is 1. The van der Waals surface area contributed by atoms with E-state index >= 15 is 0 Å². The average Bonchev–Trinajstić information content (AvgIpc) is 2.68. The second-order valence-electron chi connectivity index (χ2n) is 6.80. The number of benzene rings is 1. The van der Waals surface area contributed by atoms with Crippen LogP contribution in [0.1, 0.15) is 36.7 Å². The van der Waals surface area contributed by atoms with Crippen LogP contribution in [0.15, 0.2) is 30.5 Å². The second-order valence-corrected chi connectivity index (χ2v) is 6.80. The molecule has 0 radical (unpaired) electrons. The zero-order valence-electron chi connectivity index (χ0n) is 15.9. The molecule has 28 heavy (non-hydrogen) atoms. The van der Waals surface area contributed by atoms with E-state index < -0.39 is 6.09 Å². The molecule has 1 aliphatic rings. The number of aliphatic hydroxyl groups is 1. The Morgan fingerprint density at radius 1 is 1.36 bits per heavy atom. The van der Waals surface area contributed by atoms with Gasteiger partial charge < -0.3 is 20.6 Å². The van der Waals surface area contributed by atoms with Crippen molar-refractivity contribution in [2.45, 2.75) is 38.9 Å². The number of fused-ring (bicyclic) bond motifs is 1. The molecule has 0 saturated carbocycles. The summed E-state index contributed by atoms with van der Waals surface area (Å²) in [6.07, 6.45) is 1.83. The molecule has 1 aliphatic heterocycles. The predicted octanol–water partition coefficient (Wildman–Crippen LogP) is 2.17. The van der Waals surface area contributed by atoms with Crippen molar-refractivity contribution in [1.29, 1.82) is 0 Å². The monoisotopic (exact) mass is 389 g/mol. The number of hydrogen-bond donors (Lipinski definition) is 3. The molecule has 1 aromatic carbocycles. The molecule has 8 nitrogen and oxygen atoms in total. The Labute approximate surface area is 162 Å². The summed E-state index contributed by atoms with van der Waals surface area (Å²) in [5.74, 6) is 0.103. The number of nitrogens with one attached hydrogen (secondary N) is 2. The number of hydrogen-bond acceptors (Lipinski definition) is 7. The van der Waals surface area contributed by atoms with Gasteiger partial charge in [0.25, 0.3) is 0 Å². The molecular formula is C19H24FN5O3. The Balaban J connectivity index is 1.56. The third-order valence-corrected chi connectivity index (χ3v) is 4.48. The molecule has 1 amide bonds. The van der Waals surface area contributed by atoms with E-state index in [4.69, 9.17) is 9.94 Å². The van der Waals surface area contributed by atoms with Gasteiger partial charge >= 0.3 is 6.09 Å². The fourth-order valence-corrected chi connectivity index (χ4v) is 2.85. The molecule has 1 aromatic heterocycles. The number of nitrogens with zero attached hydrogens (tertiary/aromatic N) is 3. The molecule has 9 heteroatoms. The van der Waals surface area contributed by atoms with E-state index in [1.54, 1.807) is 30.3 Å². The van der Waals surface area contributed by atoms with Crippen LogP contribution < -0.4 is 10.6 Å². The van der Waals surface area contributed by atoms with Gasteiger partial charge in [-0.05, 0) is 43.5 Å². The summed E-state index contributed by atoms with van der Waals surface area (Å²) in [7, 11) is 0. The molecule has 0 unspecified atom stereocenters. The van der Waals surface area contributed by atoms with Crippen LogP contribution in [0.5, 0.6) is 0 Å². The van der Waals surface area contributed by atoms with Crippen molar-refractivity contribution in [3.05, 3.63) is 53.1 Å². The Kier molecular flexibility index (Phi) is 6.37. The maximum atomic E-state index is 13.0. The first-order chi connectivity index (χ1) is 13.4. The van der Waals surface area contributed by atoms with E-state index in [1.165, 1.54) is 12.1 Å². The molecule has 2 heterocycles. The van der Waals surface area contributed by atoms with E-state index in [1.807, 2.05) is 6.92 Å². The minimum atomic E-state index is -0.582. The zero-order valence-corrected chi connectivity index (χ0v) is 15.9. The van der Waals surface area contributed by atoms with Gasteiger partial charge in [-0.15, -0.1) is 5.06 Å². The van der Waals surface area contributed by atoms with Crippen LogP contribution in [0.3, 0.4) is 0 Å². The third-order valence-electron chi connectivity index (χ3n) is 4.48. The average molecular weight is 389 g/mol. The molecule has 3 N–H and O–H groups in total. The number of hydroxylamine groups is 2. The van der Waals surface area contributed by atoms with Crippen LogP contribution >= 0.6 is 0 Å². The van der Waals surface area contributed by atoms with Gasteiger partial charge in [0.05, 0.1) is 24.9 Å². The summed E-state index contributed by atoms with van der Waals surface area (Å²) in [6, 6.07) is 5.47. The number of amides is 1. The van der Waals surface area contributed by atoms with E-state index in [2.05, 4.69) is 20.6 Å². The molecule has 3 rings (SSSR count). The van der Waals surface area contributed by atoms with E-state index in [9.17, 15) is 9.18 Å². The molecular weight excluding hydrogens is 365 g/mol. The topological polar surface area (TPSA) is 99.6 Å². The normalized spacial score (nSPS) is 16.0. The van der Waals surface area contributed by atoms with Gasteiger partial charge in [0.2, 0.25) is 5.95 Å². The highest BCUT2D eigenvalue weighted by atomic mass is 19.1. The van der Waals surface area contributed by atoms with Crippen molar-refractivity contribution in [3.8, 4) is 0 Å². The summed E-state index contributed by atoms with van der Waals surface area (Å²) in [6.45, 7) is 4.48. The highest BCUT2D eigenvalue weighted by molar-refractivity contribution is 5.67. The van der Waals surface area contributed by atoms with Crippen molar-refractivity contribution in [1.82, 2.24) is 20.3 Å². The van der Waals surface area contributed by atoms with Crippen LogP contribution in [-0.4, -0.2) is 45.4 Å². The van der Waals surface area contributed by atoms with Crippen LogP contribution in [-0.2, 0) is 17.8 Å². The molecule has 0 bridgehead atoms. The van der Waals surface area contributed by atoms with Crippen molar-refractivity contribution in [3.63, 3.8) is 0 Å². The zero-order chi connectivity index (χ0) is 20.1. The lowest BCUT2D eigenvalue weighted by atomic mass is 10.1. The Morgan fingerprint density at radius 2 is 2.11 bits per heavy atom.